The van der Waals surface area contributed by atoms with Crippen molar-refractivity contribution in [3.05, 3.63) is 0 Å². The largest absolute Gasteiger partial charge is 0.385 e. The first-order valence-electron chi connectivity index (χ1n) is 7.31. The molecule has 0 aromatic rings. The molecule has 1 aliphatic carbocycles. The summed E-state index contributed by atoms with van der Waals surface area (Å²) in [5, 5.41) is 13.0. The number of β-amino-alcohol motifs (C(OH)–C–C–N with tert-alkyl or cyclic N) is 1. The fraction of sp³-hybridized carbons (Fsp3) is 0.857. The van der Waals surface area contributed by atoms with Crippen molar-refractivity contribution in [1.29, 1.82) is 0 Å². The second-order valence-corrected chi connectivity index (χ2v) is 5.94. The highest BCUT2D eigenvalue weighted by molar-refractivity contribution is 5.78. The number of nitrogens with zero attached hydrogens (tertiary/aromatic N) is 1. The summed E-state index contributed by atoms with van der Waals surface area (Å²) < 4.78 is 5.36. The van der Waals surface area contributed by atoms with E-state index in [1.54, 1.807) is 4.90 Å². The minimum atomic E-state index is -1.29. The van der Waals surface area contributed by atoms with Crippen LogP contribution in [0.5, 0.6) is 0 Å². The van der Waals surface area contributed by atoms with Gasteiger partial charge in [-0.3, -0.25) is 9.59 Å². The third-order valence-electron chi connectivity index (χ3n) is 4.17. The molecule has 1 saturated heterocycles. The topological polar surface area (TPSA) is 78.9 Å². The second-order valence-electron chi connectivity index (χ2n) is 5.94. The maximum absolute atomic E-state index is 12.3. The average molecular weight is 284 g/mol. The van der Waals surface area contributed by atoms with Crippen molar-refractivity contribution in [1.82, 2.24) is 10.2 Å². The van der Waals surface area contributed by atoms with Gasteiger partial charge in [-0.25, -0.2) is 0 Å². The van der Waals surface area contributed by atoms with E-state index in [-0.39, 0.29) is 31.4 Å². The molecule has 1 heterocycles. The van der Waals surface area contributed by atoms with Gasteiger partial charge in [0.25, 0.3) is 0 Å². The van der Waals surface area contributed by atoms with Gasteiger partial charge >= 0.3 is 0 Å². The van der Waals surface area contributed by atoms with E-state index < -0.39 is 5.60 Å². The Labute approximate surface area is 119 Å². The van der Waals surface area contributed by atoms with Crippen LogP contribution in [0, 0.1) is 5.92 Å². The van der Waals surface area contributed by atoms with Crippen LogP contribution in [0.25, 0.3) is 0 Å². The lowest BCUT2D eigenvalue weighted by Gasteiger charge is -2.32. The lowest BCUT2D eigenvalue weighted by molar-refractivity contribution is -0.138. The van der Waals surface area contributed by atoms with Crippen LogP contribution >= 0.6 is 0 Å². The van der Waals surface area contributed by atoms with Gasteiger partial charge in [0, 0.05) is 20.0 Å². The minimum absolute atomic E-state index is 0.0449. The molecule has 2 aliphatic rings. The summed E-state index contributed by atoms with van der Waals surface area (Å²) in [6, 6.07) is 0. The predicted octanol–water partition coefficient (Wildman–Crippen LogP) is -0.0974. The van der Waals surface area contributed by atoms with Crippen LogP contribution in [0.3, 0.4) is 0 Å². The Morgan fingerprint density at radius 3 is 2.80 bits per heavy atom. The SMILES string of the molecule is CNC(=O)C[C@]1(O)COCCN(C(=O)CC2CCC2)C1. The second kappa shape index (κ2) is 6.54. The smallest absolute Gasteiger partial charge is 0.223 e. The molecule has 0 spiro atoms. The van der Waals surface area contributed by atoms with Gasteiger partial charge in [-0.2, -0.15) is 0 Å². The molecule has 1 saturated carbocycles. The van der Waals surface area contributed by atoms with Crippen LogP contribution in [0.4, 0.5) is 0 Å². The first-order valence-corrected chi connectivity index (χ1v) is 7.31. The summed E-state index contributed by atoms with van der Waals surface area (Å²) >= 11 is 0. The van der Waals surface area contributed by atoms with E-state index in [2.05, 4.69) is 5.32 Å². The van der Waals surface area contributed by atoms with Gasteiger partial charge < -0.3 is 20.1 Å². The number of amides is 2. The van der Waals surface area contributed by atoms with Gasteiger partial charge in [-0.15, -0.1) is 0 Å². The molecule has 114 valence electrons. The molecule has 1 aliphatic heterocycles. The molecule has 0 aromatic carbocycles. The number of ether oxygens (including phenoxy) is 1. The standard InChI is InChI=1S/C14H24N2O4/c1-15-12(17)8-14(19)9-16(5-6-20-10-14)13(18)7-11-3-2-4-11/h11,19H,2-10H2,1H3,(H,15,17)/t14-/m1/s1. The van der Waals surface area contributed by atoms with Gasteiger partial charge in [-0.05, 0) is 18.8 Å². The zero-order valence-corrected chi connectivity index (χ0v) is 12.1. The Balaban J connectivity index is 1.94. The van der Waals surface area contributed by atoms with Crippen LogP contribution in [-0.4, -0.2) is 60.8 Å². The summed E-state index contributed by atoms with van der Waals surface area (Å²) in [4.78, 5) is 25.4. The molecule has 0 unspecified atom stereocenters. The third-order valence-corrected chi connectivity index (χ3v) is 4.17. The number of carbonyl (C=O) groups is 2. The number of carbonyl (C=O) groups excluding carboxylic acids is 2. The molecule has 1 atom stereocenters. The van der Waals surface area contributed by atoms with Crippen LogP contribution < -0.4 is 5.32 Å². The molecule has 6 heteroatoms. The zero-order chi connectivity index (χ0) is 14.6. The molecular weight excluding hydrogens is 260 g/mol. The first kappa shape index (κ1) is 15.3. The highest BCUT2D eigenvalue weighted by atomic mass is 16.5. The van der Waals surface area contributed by atoms with Crippen LogP contribution in [0.15, 0.2) is 0 Å². The minimum Gasteiger partial charge on any atom is -0.385 e. The Hall–Kier alpha value is -1.14. The summed E-state index contributed by atoms with van der Waals surface area (Å²) in [5.74, 6) is 0.318. The molecular formula is C14H24N2O4. The maximum atomic E-state index is 12.3. The van der Waals surface area contributed by atoms with Gasteiger partial charge in [0.05, 0.1) is 26.2 Å². The van der Waals surface area contributed by atoms with Gasteiger partial charge in [0.1, 0.15) is 5.60 Å². The monoisotopic (exact) mass is 284 g/mol. The number of rotatable bonds is 4. The van der Waals surface area contributed by atoms with Gasteiger partial charge in [0.2, 0.25) is 11.8 Å². The van der Waals surface area contributed by atoms with E-state index in [0.717, 1.165) is 12.8 Å². The first-order chi connectivity index (χ1) is 9.52. The van der Waals surface area contributed by atoms with Gasteiger partial charge in [-0.1, -0.05) is 6.42 Å². The number of aliphatic hydroxyl groups is 1. The van der Waals surface area contributed by atoms with Crippen molar-refractivity contribution in [2.75, 3.05) is 33.4 Å². The Morgan fingerprint density at radius 1 is 1.45 bits per heavy atom. The molecule has 20 heavy (non-hydrogen) atoms. The maximum Gasteiger partial charge on any atom is 0.223 e. The van der Waals surface area contributed by atoms with Crippen molar-refractivity contribution in [3.63, 3.8) is 0 Å². The molecule has 2 fully saturated rings. The Bertz CT molecular complexity index is 370. The Morgan fingerprint density at radius 2 is 2.20 bits per heavy atom. The summed E-state index contributed by atoms with van der Waals surface area (Å²) in [6.45, 7) is 1.16. The number of hydrogen-bond acceptors (Lipinski definition) is 4. The van der Waals surface area contributed by atoms with E-state index in [1.165, 1.54) is 13.5 Å². The number of hydrogen-bond donors (Lipinski definition) is 2. The van der Waals surface area contributed by atoms with Crippen molar-refractivity contribution >= 4 is 11.8 Å². The van der Waals surface area contributed by atoms with Crippen LogP contribution in [0.2, 0.25) is 0 Å². The molecule has 0 radical (unpaired) electrons. The van der Waals surface area contributed by atoms with Gasteiger partial charge in [0.15, 0.2) is 0 Å². The third kappa shape index (κ3) is 3.93. The number of nitrogens with one attached hydrogen (secondary N) is 1. The molecule has 0 aromatic heterocycles. The highest BCUT2D eigenvalue weighted by Gasteiger charge is 2.36. The van der Waals surface area contributed by atoms with E-state index >= 15 is 0 Å². The lowest BCUT2D eigenvalue weighted by Crippen LogP contribution is -2.49. The molecule has 2 rings (SSSR count). The van der Waals surface area contributed by atoms with E-state index in [9.17, 15) is 14.7 Å². The normalized spacial score (nSPS) is 27.6. The summed E-state index contributed by atoms with van der Waals surface area (Å²) in [5.41, 5.74) is -1.29. The van der Waals surface area contributed by atoms with Crippen molar-refractivity contribution < 1.29 is 19.4 Å². The molecule has 2 N–H and O–H groups in total. The Kier molecular flexibility index (Phi) is 4.99. The quantitative estimate of drug-likeness (QED) is 0.756. The fourth-order valence-electron chi connectivity index (χ4n) is 2.70. The van der Waals surface area contributed by atoms with E-state index in [4.69, 9.17) is 4.74 Å². The molecule has 2 amide bonds. The van der Waals surface area contributed by atoms with Crippen LogP contribution in [-0.2, 0) is 14.3 Å². The summed E-state index contributed by atoms with van der Waals surface area (Å²) in [7, 11) is 1.53. The van der Waals surface area contributed by atoms with E-state index in [1.807, 2.05) is 0 Å². The van der Waals surface area contributed by atoms with Crippen LogP contribution in [0.1, 0.15) is 32.1 Å². The fourth-order valence-corrected chi connectivity index (χ4v) is 2.70. The molecule has 6 nitrogen and oxygen atoms in total. The zero-order valence-electron chi connectivity index (χ0n) is 12.1. The van der Waals surface area contributed by atoms with Crippen molar-refractivity contribution in [3.8, 4) is 0 Å². The van der Waals surface area contributed by atoms with Crippen molar-refractivity contribution in [2.45, 2.75) is 37.7 Å². The average Bonchev–Trinajstić information content (AvgIpc) is 2.55. The predicted molar refractivity (Wildman–Crippen MR) is 73.0 cm³/mol. The van der Waals surface area contributed by atoms with Crippen molar-refractivity contribution in [2.24, 2.45) is 5.92 Å². The molecule has 0 bridgehead atoms. The lowest BCUT2D eigenvalue weighted by atomic mass is 9.82. The summed E-state index contributed by atoms with van der Waals surface area (Å²) in [6.07, 6.45) is 3.96. The van der Waals surface area contributed by atoms with E-state index in [0.29, 0.717) is 25.5 Å². The highest BCUT2D eigenvalue weighted by Crippen LogP contribution is 2.30.